The van der Waals surface area contributed by atoms with Gasteiger partial charge in [-0.05, 0) is 25.5 Å². The zero-order chi connectivity index (χ0) is 17.1. The Morgan fingerprint density at radius 2 is 1.92 bits per heavy atom. The molecule has 6 heteroatoms. The molecule has 0 aliphatic carbocycles. The van der Waals surface area contributed by atoms with Gasteiger partial charge in [-0.3, -0.25) is 4.79 Å². The number of hydrogen-bond donors (Lipinski definition) is 0. The molecule has 0 atom stereocenters. The maximum Gasteiger partial charge on any atom is 0.341 e. The highest BCUT2D eigenvalue weighted by molar-refractivity contribution is 5.96. The van der Waals surface area contributed by atoms with Crippen molar-refractivity contribution in [1.29, 1.82) is 0 Å². The van der Waals surface area contributed by atoms with Gasteiger partial charge in [0.15, 0.2) is 0 Å². The molecule has 6 nitrogen and oxygen atoms in total. The summed E-state index contributed by atoms with van der Waals surface area (Å²) in [4.78, 5) is 25.0. The van der Waals surface area contributed by atoms with Gasteiger partial charge in [0.2, 0.25) is 0 Å². The van der Waals surface area contributed by atoms with Crippen LogP contribution in [0, 0.1) is 0 Å². The summed E-state index contributed by atoms with van der Waals surface area (Å²) in [6, 6.07) is 9.15. The molecule has 0 aromatic heterocycles. The molecule has 2 aliphatic heterocycles. The lowest BCUT2D eigenvalue weighted by Crippen LogP contribution is -2.15. The van der Waals surface area contributed by atoms with Gasteiger partial charge in [-0.2, -0.15) is 9.78 Å². The molecule has 0 bridgehead atoms. The van der Waals surface area contributed by atoms with E-state index < -0.39 is 5.97 Å². The van der Waals surface area contributed by atoms with Crippen molar-refractivity contribution in [2.75, 3.05) is 6.61 Å². The number of fused-ring (bicyclic) bond motifs is 1. The number of carbonyl (C=O) groups excluding carboxylic acids is 1. The fourth-order valence-electron chi connectivity index (χ4n) is 2.65. The van der Waals surface area contributed by atoms with Crippen LogP contribution in [0.4, 0.5) is 0 Å². The summed E-state index contributed by atoms with van der Waals surface area (Å²) < 4.78 is 8.28. The molecule has 124 valence electrons. The van der Waals surface area contributed by atoms with E-state index in [-0.39, 0.29) is 12.2 Å². The molecule has 1 aromatic carbocycles. The molecule has 0 radical (unpaired) electrons. The summed E-state index contributed by atoms with van der Waals surface area (Å²) in [7, 11) is 0. The number of hydrogen-bond acceptors (Lipinski definition) is 4. The number of rotatable bonds is 5. The Morgan fingerprint density at radius 1 is 1.17 bits per heavy atom. The van der Waals surface area contributed by atoms with Crippen LogP contribution in [0.15, 0.2) is 47.5 Å². The molecule has 24 heavy (non-hydrogen) atoms. The second kappa shape index (κ2) is 6.70. The molecule has 0 saturated carbocycles. The lowest BCUT2D eigenvalue weighted by atomic mass is 10.1. The number of nitrogens with zero attached hydrogens (tertiary/aromatic N) is 3. The molecular formula is C18H19N3O3. The number of benzene rings is 1. The Labute approximate surface area is 139 Å². The molecule has 2 heterocycles. The number of carbonyl (C=O) groups is 1. The maximum absolute atomic E-state index is 12.8. The summed E-state index contributed by atoms with van der Waals surface area (Å²) in [6.45, 7) is 4.76. The Bertz CT molecular complexity index is 880. The van der Waals surface area contributed by atoms with E-state index in [1.807, 2.05) is 29.7 Å². The van der Waals surface area contributed by atoms with E-state index in [0.717, 1.165) is 6.42 Å². The molecule has 0 N–H and O–H groups in total. The molecule has 2 aliphatic rings. The topological polar surface area (TPSA) is 66.1 Å². The van der Waals surface area contributed by atoms with E-state index in [1.54, 1.807) is 31.5 Å². The van der Waals surface area contributed by atoms with Gasteiger partial charge in [-0.25, -0.2) is 4.79 Å². The lowest BCUT2D eigenvalue weighted by Gasteiger charge is -2.11. The van der Waals surface area contributed by atoms with Crippen LogP contribution in [-0.2, 0) is 11.3 Å². The van der Waals surface area contributed by atoms with Crippen molar-refractivity contribution in [2.24, 2.45) is 0 Å². The number of esters is 1. The third kappa shape index (κ3) is 2.82. The van der Waals surface area contributed by atoms with Gasteiger partial charge in [0, 0.05) is 18.9 Å². The molecule has 0 unspecified atom stereocenters. The number of aromatic nitrogens is 3. The van der Waals surface area contributed by atoms with Gasteiger partial charge in [-0.1, -0.05) is 25.1 Å². The first-order valence-corrected chi connectivity index (χ1v) is 8.01. The predicted octanol–water partition coefficient (Wildman–Crippen LogP) is 2.73. The van der Waals surface area contributed by atoms with Crippen molar-refractivity contribution >= 4 is 5.97 Å². The molecule has 1 aromatic rings. The number of ether oxygens (including phenoxy) is 1. The molecule has 3 rings (SSSR count). The van der Waals surface area contributed by atoms with E-state index in [4.69, 9.17) is 4.74 Å². The normalized spacial score (nSPS) is 10.9. The van der Waals surface area contributed by atoms with Crippen molar-refractivity contribution in [3.8, 4) is 16.9 Å². The SMILES string of the molecule is CCCn1cc(C(=O)OCC)c2nn(-c3ccccc3)c(=O)c-2c1. The quantitative estimate of drug-likeness (QED) is 0.677. The first-order valence-electron chi connectivity index (χ1n) is 8.01. The van der Waals surface area contributed by atoms with Crippen LogP contribution >= 0.6 is 0 Å². The van der Waals surface area contributed by atoms with E-state index >= 15 is 0 Å². The van der Waals surface area contributed by atoms with Crippen LogP contribution < -0.4 is 5.56 Å². The summed E-state index contributed by atoms with van der Waals surface area (Å²) in [6.07, 6.45) is 4.33. The lowest BCUT2D eigenvalue weighted by molar-refractivity contribution is 0.0526. The zero-order valence-electron chi connectivity index (χ0n) is 13.7. The van der Waals surface area contributed by atoms with Crippen molar-refractivity contribution < 1.29 is 9.53 Å². The first kappa shape index (κ1) is 16.0. The number of para-hydroxylation sites is 1. The monoisotopic (exact) mass is 325 g/mol. The van der Waals surface area contributed by atoms with E-state index in [2.05, 4.69) is 5.10 Å². The van der Waals surface area contributed by atoms with Gasteiger partial charge < -0.3 is 9.30 Å². The smallest absolute Gasteiger partial charge is 0.341 e. The van der Waals surface area contributed by atoms with Crippen molar-refractivity contribution in [3.05, 3.63) is 58.6 Å². The minimum absolute atomic E-state index is 0.243. The number of aryl methyl sites for hydroxylation is 1. The van der Waals surface area contributed by atoms with Crippen LogP contribution in [0.25, 0.3) is 16.9 Å². The minimum Gasteiger partial charge on any atom is -0.462 e. The summed E-state index contributed by atoms with van der Waals surface area (Å²) >= 11 is 0. The summed E-state index contributed by atoms with van der Waals surface area (Å²) in [5.41, 5.74) is 1.52. The highest BCUT2D eigenvalue weighted by atomic mass is 16.5. The third-order valence-electron chi connectivity index (χ3n) is 3.70. The Kier molecular flexibility index (Phi) is 4.46. The van der Waals surface area contributed by atoms with Crippen LogP contribution in [0.1, 0.15) is 30.6 Å². The summed E-state index contributed by atoms with van der Waals surface area (Å²) in [5.74, 6) is -0.467. The standard InChI is InChI=1S/C18H19N3O3/c1-3-10-20-11-14-16(15(12-20)18(23)24-4-2)19-21(17(14)22)13-8-6-5-7-9-13/h5-9,11-12H,3-4,10H2,1-2H3. The second-order valence-electron chi connectivity index (χ2n) is 5.44. The fourth-order valence-corrected chi connectivity index (χ4v) is 2.65. The van der Waals surface area contributed by atoms with Crippen LogP contribution in [0.3, 0.4) is 0 Å². The Morgan fingerprint density at radius 3 is 2.58 bits per heavy atom. The minimum atomic E-state index is -0.467. The first-order chi connectivity index (χ1) is 11.7. The number of pyridine rings is 1. The van der Waals surface area contributed by atoms with Crippen LogP contribution in [0.5, 0.6) is 0 Å². The van der Waals surface area contributed by atoms with E-state index in [1.165, 1.54) is 4.68 Å². The molecule has 0 fully saturated rings. The van der Waals surface area contributed by atoms with Crippen LogP contribution in [-0.4, -0.2) is 26.9 Å². The van der Waals surface area contributed by atoms with E-state index in [0.29, 0.717) is 29.1 Å². The Hall–Kier alpha value is -2.89. The average molecular weight is 325 g/mol. The zero-order valence-corrected chi connectivity index (χ0v) is 13.7. The Balaban J connectivity index is 2.23. The highest BCUT2D eigenvalue weighted by Gasteiger charge is 2.24. The molecular weight excluding hydrogens is 306 g/mol. The highest BCUT2D eigenvalue weighted by Crippen LogP contribution is 2.23. The van der Waals surface area contributed by atoms with E-state index in [9.17, 15) is 9.59 Å². The third-order valence-corrected chi connectivity index (χ3v) is 3.70. The largest absolute Gasteiger partial charge is 0.462 e. The molecule has 0 saturated heterocycles. The van der Waals surface area contributed by atoms with Crippen molar-refractivity contribution in [3.63, 3.8) is 0 Å². The van der Waals surface area contributed by atoms with Gasteiger partial charge >= 0.3 is 5.97 Å². The van der Waals surface area contributed by atoms with Gasteiger partial charge in [0.1, 0.15) is 11.3 Å². The predicted molar refractivity (Wildman–Crippen MR) is 90.7 cm³/mol. The second-order valence-corrected chi connectivity index (χ2v) is 5.44. The maximum atomic E-state index is 12.8. The van der Waals surface area contributed by atoms with Crippen LogP contribution in [0.2, 0.25) is 0 Å². The molecule has 0 amide bonds. The summed E-state index contributed by atoms with van der Waals surface area (Å²) in [5, 5.41) is 4.38. The van der Waals surface area contributed by atoms with Gasteiger partial charge in [0.05, 0.1) is 17.9 Å². The van der Waals surface area contributed by atoms with Crippen molar-refractivity contribution in [2.45, 2.75) is 26.8 Å². The fraction of sp³-hybridized carbons (Fsp3) is 0.278. The van der Waals surface area contributed by atoms with Crippen molar-refractivity contribution in [1.82, 2.24) is 14.3 Å². The van der Waals surface area contributed by atoms with Gasteiger partial charge in [-0.15, -0.1) is 0 Å². The molecule has 0 spiro atoms. The average Bonchev–Trinajstić information content (AvgIpc) is 2.93. The van der Waals surface area contributed by atoms with Gasteiger partial charge in [0.25, 0.3) is 5.56 Å².